The molecule has 0 aliphatic rings. The molecule has 0 saturated carbocycles. The van der Waals surface area contributed by atoms with Gasteiger partial charge < -0.3 is 30.3 Å². The van der Waals surface area contributed by atoms with Crippen LogP contribution in [-0.4, -0.2) is 71.2 Å². The van der Waals surface area contributed by atoms with Gasteiger partial charge in [0.15, 0.2) is 0 Å². The summed E-state index contributed by atoms with van der Waals surface area (Å²) >= 11 is 5.99. The molecule has 1 unspecified atom stereocenters. The molecule has 3 aromatic rings. The molecule has 0 saturated heterocycles. The van der Waals surface area contributed by atoms with Gasteiger partial charge in [-0.3, -0.25) is 10.1 Å². The number of nitrogens with zero attached hydrogens (tertiary/aromatic N) is 6. The number of ether oxygens (including phenoxy) is 1. The van der Waals surface area contributed by atoms with Crippen molar-refractivity contribution in [2.75, 3.05) is 56.9 Å². The van der Waals surface area contributed by atoms with Crippen LogP contribution in [0.1, 0.15) is 25.8 Å². The van der Waals surface area contributed by atoms with Crippen LogP contribution in [0.3, 0.4) is 0 Å². The first-order valence-electron chi connectivity index (χ1n) is 12.0. The Morgan fingerprint density at radius 2 is 1.77 bits per heavy atom. The number of halogens is 2. The molecule has 3 N–H and O–H groups in total. The van der Waals surface area contributed by atoms with E-state index in [1.807, 2.05) is 19.0 Å². The predicted octanol–water partition coefficient (Wildman–Crippen LogP) is 4.68. The number of rotatable bonds is 12. The lowest BCUT2D eigenvalue weighted by molar-refractivity contribution is -0.384. The first-order chi connectivity index (χ1) is 18.4. The number of methoxy groups -OCH3 is 1. The van der Waals surface area contributed by atoms with Crippen LogP contribution in [-0.2, 0) is 5.60 Å². The van der Waals surface area contributed by atoms with Crippen molar-refractivity contribution in [3.8, 4) is 5.75 Å². The number of nitrogens with one attached hydrogen (secondary N) is 2. The summed E-state index contributed by atoms with van der Waals surface area (Å²) in [6.45, 7) is 4.58. The minimum atomic E-state index is -1.35. The zero-order valence-corrected chi connectivity index (χ0v) is 23.4. The van der Waals surface area contributed by atoms with Crippen LogP contribution in [0.25, 0.3) is 0 Å². The number of hydrogen-bond acceptors (Lipinski definition) is 11. The fraction of sp³-hybridized carbons (Fsp3) is 0.400. The second kappa shape index (κ2) is 12.4. The number of nitro groups is 1. The standard InChI is InChI=1S/C25H32ClFN8O4/c1-7-25(2,36)15-10-17(27)16(26)11-18(15)30-23-28-14-29-24(32-23)31-19-12-21(35(37)38)20(13-22(19)39-6)34(5)9-8-33(3)4/h10-14,36H,7-9H2,1-6H3,(H2,28,29,30,31,32). The molecule has 1 atom stereocenters. The van der Waals surface area contributed by atoms with Crippen LogP contribution in [0.4, 0.5) is 39.0 Å². The van der Waals surface area contributed by atoms with Crippen molar-refractivity contribution in [1.82, 2.24) is 19.9 Å². The molecular weight excluding hydrogens is 531 g/mol. The molecular formula is C25H32ClFN8O4. The molecule has 0 spiro atoms. The summed E-state index contributed by atoms with van der Waals surface area (Å²) < 4.78 is 19.7. The SMILES string of the molecule is CCC(C)(O)c1cc(F)c(Cl)cc1Nc1ncnc(Nc2cc([N+](=O)[O-])c(N(C)CCN(C)C)cc2OC)n1. The second-order valence-corrected chi connectivity index (χ2v) is 9.75. The lowest BCUT2D eigenvalue weighted by Gasteiger charge is -2.25. The number of hydrogen-bond donors (Lipinski definition) is 3. The molecule has 0 radical (unpaired) electrons. The third kappa shape index (κ3) is 7.19. The molecule has 0 bridgehead atoms. The predicted molar refractivity (Wildman–Crippen MR) is 149 cm³/mol. The summed E-state index contributed by atoms with van der Waals surface area (Å²) in [5.74, 6) is -0.204. The van der Waals surface area contributed by atoms with Crippen molar-refractivity contribution in [3.63, 3.8) is 0 Å². The Morgan fingerprint density at radius 3 is 2.33 bits per heavy atom. The Morgan fingerprint density at radius 1 is 1.13 bits per heavy atom. The van der Waals surface area contributed by atoms with Crippen molar-refractivity contribution < 1.29 is 19.2 Å². The molecule has 1 heterocycles. The van der Waals surface area contributed by atoms with Gasteiger partial charge in [-0.25, -0.2) is 14.4 Å². The zero-order valence-electron chi connectivity index (χ0n) is 22.6. The minimum Gasteiger partial charge on any atom is -0.494 e. The topological polar surface area (TPSA) is 142 Å². The van der Waals surface area contributed by atoms with E-state index in [-0.39, 0.29) is 33.9 Å². The summed E-state index contributed by atoms with van der Waals surface area (Å²) in [5.41, 5.74) is -0.233. The van der Waals surface area contributed by atoms with Gasteiger partial charge in [0, 0.05) is 43.5 Å². The van der Waals surface area contributed by atoms with Crippen LogP contribution in [0.2, 0.25) is 5.02 Å². The summed E-state index contributed by atoms with van der Waals surface area (Å²) in [5, 5.41) is 28.4. The van der Waals surface area contributed by atoms with Crippen LogP contribution in [0, 0.1) is 15.9 Å². The molecule has 12 nitrogen and oxygen atoms in total. The normalized spacial score (nSPS) is 12.7. The third-order valence-electron chi connectivity index (χ3n) is 6.18. The van der Waals surface area contributed by atoms with Crippen molar-refractivity contribution in [3.05, 3.63) is 57.1 Å². The van der Waals surface area contributed by atoms with Gasteiger partial charge in [0.1, 0.15) is 23.6 Å². The number of likely N-dealkylation sites (N-methyl/N-ethyl adjacent to an activating group) is 2. The van der Waals surface area contributed by atoms with Gasteiger partial charge in [0.2, 0.25) is 11.9 Å². The number of anilines is 5. The van der Waals surface area contributed by atoms with Gasteiger partial charge in [-0.05, 0) is 39.6 Å². The zero-order chi connectivity index (χ0) is 28.9. The van der Waals surface area contributed by atoms with Gasteiger partial charge >= 0.3 is 0 Å². The molecule has 3 rings (SSSR count). The Kier molecular flexibility index (Phi) is 9.43. The molecule has 2 aromatic carbocycles. The van der Waals surface area contributed by atoms with Crippen molar-refractivity contribution in [2.45, 2.75) is 25.9 Å². The van der Waals surface area contributed by atoms with E-state index in [4.69, 9.17) is 16.3 Å². The molecule has 0 aliphatic carbocycles. The summed E-state index contributed by atoms with van der Waals surface area (Å²) in [7, 11) is 7.07. The van der Waals surface area contributed by atoms with Gasteiger partial charge in [-0.15, -0.1) is 0 Å². The molecule has 39 heavy (non-hydrogen) atoms. The molecule has 0 amide bonds. The van der Waals surface area contributed by atoms with E-state index in [9.17, 15) is 19.6 Å². The van der Waals surface area contributed by atoms with Crippen LogP contribution >= 0.6 is 11.6 Å². The molecule has 1 aromatic heterocycles. The lowest BCUT2D eigenvalue weighted by Crippen LogP contribution is -2.29. The fourth-order valence-electron chi connectivity index (χ4n) is 3.69. The summed E-state index contributed by atoms with van der Waals surface area (Å²) in [4.78, 5) is 27.7. The molecule has 210 valence electrons. The van der Waals surface area contributed by atoms with Crippen molar-refractivity contribution >= 4 is 46.2 Å². The van der Waals surface area contributed by atoms with Gasteiger partial charge in [0.05, 0.1) is 28.3 Å². The number of aliphatic hydroxyl groups is 1. The largest absolute Gasteiger partial charge is 0.494 e. The van der Waals surface area contributed by atoms with E-state index in [0.717, 1.165) is 6.07 Å². The minimum absolute atomic E-state index is 0.0609. The number of nitro benzene ring substituents is 1. The fourth-order valence-corrected chi connectivity index (χ4v) is 3.85. The smallest absolute Gasteiger partial charge is 0.294 e. The first-order valence-corrected chi connectivity index (χ1v) is 12.4. The lowest BCUT2D eigenvalue weighted by atomic mass is 9.91. The molecule has 0 fully saturated rings. The van der Waals surface area contributed by atoms with Gasteiger partial charge in [-0.1, -0.05) is 18.5 Å². The van der Waals surface area contributed by atoms with E-state index in [0.29, 0.717) is 36.6 Å². The van der Waals surface area contributed by atoms with Crippen LogP contribution < -0.4 is 20.3 Å². The maximum atomic E-state index is 14.2. The highest BCUT2D eigenvalue weighted by atomic mass is 35.5. The molecule has 0 aliphatic heterocycles. The Hall–Kier alpha value is -3.81. The van der Waals surface area contributed by atoms with E-state index >= 15 is 0 Å². The van der Waals surface area contributed by atoms with Gasteiger partial charge in [0.25, 0.3) is 5.69 Å². The number of aromatic nitrogens is 3. The third-order valence-corrected chi connectivity index (χ3v) is 6.47. The number of benzene rings is 2. The maximum absolute atomic E-state index is 14.2. The monoisotopic (exact) mass is 562 g/mol. The van der Waals surface area contributed by atoms with Crippen LogP contribution in [0.15, 0.2) is 30.6 Å². The van der Waals surface area contributed by atoms with Gasteiger partial charge in [-0.2, -0.15) is 4.98 Å². The summed E-state index contributed by atoms with van der Waals surface area (Å²) in [6.07, 6.45) is 1.54. The average Bonchev–Trinajstić information content (AvgIpc) is 2.89. The van der Waals surface area contributed by atoms with Crippen LogP contribution in [0.5, 0.6) is 5.75 Å². The highest BCUT2D eigenvalue weighted by Gasteiger charge is 2.27. The highest BCUT2D eigenvalue weighted by molar-refractivity contribution is 6.31. The summed E-state index contributed by atoms with van der Waals surface area (Å²) in [6, 6.07) is 5.43. The van der Waals surface area contributed by atoms with Crippen molar-refractivity contribution in [1.29, 1.82) is 0 Å². The maximum Gasteiger partial charge on any atom is 0.294 e. The first kappa shape index (κ1) is 29.7. The van der Waals surface area contributed by atoms with Crippen molar-refractivity contribution in [2.24, 2.45) is 0 Å². The Bertz CT molecular complexity index is 1340. The van der Waals surface area contributed by atoms with E-state index in [1.54, 1.807) is 31.9 Å². The molecule has 14 heteroatoms. The quantitative estimate of drug-likeness (QED) is 0.209. The van der Waals surface area contributed by atoms with E-state index in [2.05, 4.69) is 25.6 Å². The Balaban J connectivity index is 1.95. The average molecular weight is 563 g/mol. The second-order valence-electron chi connectivity index (χ2n) is 9.35. The Labute approximate surface area is 231 Å². The van der Waals surface area contributed by atoms with E-state index < -0.39 is 16.3 Å². The highest BCUT2D eigenvalue weighted by Crippen LogP contribution is 2.39. The van der Waals surface area contributed by atoms with E-state index in [1.165, 1.54) is 25.6 Å².